The molecule has 0 fully saturated rings. The number of benzene rings is 1. The molecular weight excluding hydrogens is 250 g/mol. The number of hydrogen-bond acceptors (Lipinski definition) is 4. The van der Waals surface area contributed by atoms with Crippen LogP contribution in [0.3, 0.4) is 0 Å². The number of halogens is 1. The van der Waals surface area contributed by atoms with Crippen molar-refractivity contribution >= 4 is 29.2 Å². The number of rotatable bonds is 3. The Labute approximate surface area is 100 Å². The van der Waals surface area contributed by atoms with E-state index in [-0.39, 0.29) is 16.5 Å². The molecule has 1 aromatic carbocycles. The highest BCUT2D eigenvalue weighted by Crippen LogP contribution is 2.24. The number of nitrogens with one attached hydrogen (secondary N) is 1. The summed E-state index contributed by atoms with van der Waals surface area (Å²) in [6.45, 7) is 0. The molecule has 0 aliphatic rings. The quantitative estimate of drug-likeness (QED) is 0.315. The molecule has 0 spiro atoms. The van der Waals surface area contributed by atoms with E-state index in [1.807, 2.05) is 5.43 Å². The van der Waals surface area contributed by atoms with Crippen LogP contribution in [0.5, 0.6) is 0 Å². The van der Waals surface area contributed by atoms with Crippen molar-refractivity contribution in [1.82, 2.24) is 5.43 Å². The molecule has 2 amide bonds. The van der Waals surface area contributed by atoms with E-state index in [0.717, 1.165) is 0 Å². The molecule has 5 N–H and O–H groups in total. The fourth-order valence-corrected chi connectivity index (χ4v) is 1.24. The molecule has 1 rings (SSSR count). The topological polar surface area (TPSA) is 137 Å². The summed E-state index contributed by atoms with van der Waals surface area (Å²) in [5.74, 6) is -0.0689. The Morgan fingerprint density at radius 1 is 1.47 bits per heavy atom. The zero-order valence-corrected chi connectivity index (χ0v) is 9.14. The third-order valence-electron chi connectivity index (χ3n) is 1.73. The molecule has 0 atom stereocenters. The minimum atomic E-state index is -0.874. The maximum atomic E-state index is 10.5. The predicted octanol–water partition coefficient (Wildman–Crippen LogP) is 0.537. The molecule has 9 heteroatoms. The molecule has 17 heavy (non-hydrogen) atoms. The van der Waals surface area contributed by atoms with Gasteiger partial charge in [0.05, 0.1) is 4.92 Å². The van der Waals surface area contributed by atoms with Gasteiger partial charge >= 0.3 is 6.03 Å². The first-order chi connectivity index (χ1) is 7.91. The average Bonchev–Trinajstić information content (AvgIpc) is 2.25. The van der Waals surface area contributed by atoms with Gasteiger partial charge in [0.1, 0.15) is 5.02 Å². The van der Waals surface area contributed by atoms with E-state index >= 15 is 0 Å². The van der Waals surface area contributed by atoms with Crippen molar-refractivity contribution in [3.63, 3.8) is 0 Å². The van der Waals surface area contributed by atoms with Gasteiger partial charge in [0, 0.05) is 11.6 Å². The van der Waals surface area contributed by atoms with Crippen molar-refractivity contribution in [1.29, 1.82) is 0 Å². The number of carbonyl (C=O) groups is 1. The Bertz CT molecular complexity index is 502. The fraction of sp³-hybridized carbons (Fsp3) is 0. The molecule has 1 aromatic rings. The van der Waals surface area contributed by atoms with Crippen molar-refractivity contribution in [2.75, 3.05) is 0 Å². The van der Waals surface area contributed by atoms with Gasteiger partial charge in [-0.25, -0.2) is 10.2 Å². The van der Waals surface area contributed by atoms with Crippen LogP contribution in [-0.2, 0) is 0 Å². The van der Waals surface area contributed by atoms with Gasteiger partial charge in [-0.15, -0.1) is 0 Å². The highest BCUT2D eigenvalue weighted by Gasteiger charge is 2.13. The molecule has 0 aliphatic carbocycles. The first-order valence-electron chi connectivity index (χ1n) is 4.24. The fourth-order valence-electron chi connectivity index (χ4n) is 0.994. The van der Waals surface area contributed by atoms with Crippen LogP contribution in [0.2, 0.25) is 5.02 Å². The molecule has 0 bridgehead atoms. The van der Waals surface area contributed by atoms with E-state index in [4.69, 9.17) is 23.1 Å². The molecule has 0 aliphatic heterocycles. The number of amides is 2. The minimum Gasteiger partial charge on any atom is -0.382 e. The Morgan fingerprint density at radius 3 is 2.59 bits per heavy atom. The van der Waals surface area contributed by atoms with E-state index < -0.39 is 11.0 Å². The highest BCUT2D eigenvalue weighted by atomic mass is 35.5. The number of amidine groups is 1. The van der Waals surface area contributed by atoms with Gasteiger partial charge in [0.15, 0.2) is 5.84 Å². The molecule has 0 saturated carbocycles. The van der Waals surface area contributed by atoms with Gasteiger partial charge in [-0.05, 0) is 12.1 Å². The molecule has 0 saturated heterocycles. The van der Waals surface area contributed by atoms with Gasteiger partial charge in [0.2, 0.25) is 0 Å². The number of nitrogens with two attached hydrogens (primary N) is 2. The van der Waals surface area contributed by atoms with Gasteiger partial charge in [0.25, 0.3) is 5.69 Å². The summed E-state index contributed by atoms with van der Waals surface area (Å²) >= 11 is 5.67. The first kappa shape index (κ1) is 12.7. The number of hydrazone groups is 1. The van der Waals surface area contributed by atoms with Crippen LogP contribution in [0.25, 0.3) is 0 Å². The maximum absolute atomic E-state index is 10.5. The standard InChI is InChI=1S/C8H8ClN5O3/c9-5-3-4(1-2-6(5)14(16)17)7(10)12-13-8(11)15/h1-3H,(H2,10,12)(H3,11,13,15). The van der Waals surface area contributed by atoms with Crippen LogP contribution in [0.1, 0.15) is 5.56 Å². The average molecular weight is 258 g/mol. The van der Waals surface area contributed by atoms with Crippen LogP contribution in [0, 0.1) is 10.1 Å². The van der Waals surface area contributed by atoms with E-state index in [9.17, 15) is 14.9 Å². The van der Waals surface area contributed by atoms with Crippen molar-refractivity contribution in [3.05, 3.63) is 38.9 Å². The summed E-state index contributed by atoms with van der Waals surface area (Å²) in [5, 5.41) is 13.9. The van der Waals surface area contributed by atoms with E-state index in [2.05, 4.69) is 5.10 Å². The zero-order chi connectivity index (χ0) is 13.0. The lowest BCUT2D eigenvalue weighted by Gasteiger charge is -2.02. The summed E-state index contributed by atoms with van der Waals surface area (Å²) in [7, 11) is 0. The molecule has 0 radical (unpaired) electrons. The predicted molar refractivity (Wildman–Crippen MR) is 61.5 cm³/mol. The van der Waals surface area contributed by atoms with E-state index in [1.54, 1.807) is 0 Å². The lowest BCUT2D eigenvalue weighted by Crippen LogP contribution is -2.28. The largest absolute Gasteiger partial charge is 0.382 e. The second kappa shape index (κ2) is 5.12. The Morgan fingerprint density at radius 2 is 2.12 bits per heavy atom. The summed E-state index contributed by atoms with van der Waals surface area (Å²) in [4.78, 5) is 20.3. The van der Waals surface area contributed by atoms with Crippen LogP contribution in [0.15, 0.2) is 23.3 Å². The van der Waals surface area contributed by atoms with Gasteiger partial charge < -0.3 is 11.5 Å². The summed E-state index contributed by atoms with van der Waals surface area (Å²) in [6, 6.07) is 2.93. The number of hydrogen-bond donors (Lipinski definition) is 3. The highest BCUT2D eigenvalue weighted by molar-refractivity contribution is 6.33. The summed E-state index contributed by atoms with van der Waals surface area (Å²) in [5.41, 5.74) is 12.3. The smallest absolute Gasteiger partial charge is 0.332 e. The second-order valence-electron chi connectivity index (χ2n) is 2.90. The first-order valence-corrected chi connectivity index (χ1v) is 4.62. The van der Waals surface area contributed by atoms with E-state index in [0.29, 0.717) is 5.56 Å². The Kier molecular flexibility index (Phi) is 3.83. The van der Waals surface area contributed by atoms with Crippen molar-refractivity contribution in [2.24, 2.45) is 16.6 Å². The Balaban J connectivity index is 3.01. The monoisotopic (exact) mass is 257 g/mol. The molecule has 0 heterocycles. The Hall–Kier alpha value is -2.35. The summed E-state index contributed by atoms with van der Waals surface area (Å²) < 4.78 is 0. The van der Waals surface area contributed by atoms with Gasteiger partial charge in [-0.1, -0.05) is 11.6 Å². The summed E-state index contributed by atoms with van der Waals surface area (Å²) in [6.07, 6.45) is 0. The van der Waals surface area contributed by atoms with Crippen molar-refractivity contribution in [3.8, 4) is 0 Å². The number of nitrogens with zero attached hydrogens (tertiary/aromatic N) is 2. The zero-order valence-electron chi connectivity index (χ0n) is 8.38. The van der Waals surface area contributed by atoms with E-state index in [1.165, 1.54) is 18.2 Å². The number of carbonyl (C=O) groups excluding carboxylic acids is 1. The van der Waals surface area contributed by atoms with Crippen LogP contribution in [0.4, 0.5) is 10.5 Å². The van der Waals surface area contributed by atoms with Gasteiger partial charge in [-0.3, -0.25) is 10.1 Å². The van der Waals surface area contributed by atoms with Crippen LogP contribution in [-0.4, -0.2) is 16.8 Å². The van der Waals surface area contributed by atoms with Crippen molar-refractivity contribution in [2.45, 2.75) is 0 Å². The SMILES string of the molecule is NC(=O)N/N=C(/N)c1ccc([N+](=O)[O-])c(Cl)c1. The normalized spacial score (nSPS) is 11.0. The molecule has 0 aromatic heterocycles. The number of primary amides is 1. The van der Waals surface area contributed by atoms with Crippen molar-refractivity contribution < 1.29 is 9.72 Å². The third kappa shape index (κ3) is 3.31. The van der Waals surface area contributed by atoms with Crippen LogP contribution < -0.4 is 16.9 Å². The molecular formula is C8H8ClN5O3. The number of urea groups is 1. The number of nitro groups is 1. The van der Waals surface area contributed by atoms with Gasteiger partial charge in [-0.2, -0.15) is 5.10 Å². The molecule has 90 valence electrons. The lowest BCUT2D eigenvalue weighted by molar-refractivity contribution is -0.384. The maximum Gasteiger partial charge on any atom is 0.332 e. The number of nitro benzene ring substituents is 1. The lowest BCUT2D eigenvalue weighted by atomic mass is 10.2. The van der Waals surface area contributed by atoms with Crippen LogP contribution >= 0.6 is 11.6 Å². The molecule has 0 unspecified atom stereocenters. The second-order valence-corrected chi connectivity index (χ2v) is 3.30. The molecule has 8 nitrogen and oxygen atoms in total. The third-order valence-corrected chi connectivity index (χ3v) is 2.03. The minimum absolute atomic E-state index is 0.0689.